The van der Waals surface area contributed by atoms with E-state index in [2.05, 4.69) is 120 Å². The van der Waals surface area contributed by atoms with E-state index in [4.69, 9.17) is 0 Å². The summed E-state index contributed by atoms with van der Waals surface area (Å²) in [5, 5.41) is 0. The lowest BCUT2D eigenvalue weighted by atomic mass is 9.82. The van der Waals surface area contributed by atoms with E-state index in [1.807, 2.05) is 6.07 Å². The minimum Gasteiger partial charge on any atom is -0.0619 e. The van der Waals surface area contributed by atoms with E-state index in [9.17, 15) is 0 Å². The van der Waals surface area contributed by atoms with Crippen LogP contribution in [0.5, 0.6) is 0 Å². The molecule has 0 aromatic heterocycles. The summed E-state index contributed by atoms with van der Waals surface area (Å²) in [5.41, 5.74) is 10.00. The highest BCUT2D eigenvalue weighted by atomic mass is 15.2. The summed E-state index contributed by atoms with van der Waals surface area (Å²) in [4.78, 5) is 0. The Morgan fingerprint density at radius 3 is 1.93 bits per heavy atom. The Hall–Kier alpha value is -3.74. The third-order valence-electron chi connectivity index (χ3n) is 6.40. The summed E-state index contributed by atoms with van der Waals surface area (Å²) in [6.45, 7) is 4.64. The Bertz CT molecular complexity index is 1390. The fraction of sp³-hybridized carbons (Fsp3) is 0.107. The van der Waals surface area contributed by atoms with Gasteiger partial charge in [0.25, 0.3) is 11.4 Å². The number of hydrogen-bond acceptors (Lipinski definition) is 0. The maximum absolute atomic E-state index is 3.60. The highest BCUT2D eigenvalue weighted by Gasteiger charge is 2.39. The largest absolute Gasteiger partial charge is 0.503 e. The van der Waals surface area contributed by atoms with Crippen LogP contribution in [-0.4, -0.2) is 6.01 Å². The second kappa shape index (κ2) is 6.13. The van der Waals surface area contributed by atoms with Crippen molar-refractivity contribution >= 4 is 28.8 Å². The van der Waals surface area contributed by atoms with Gasteiger partial charge in [-0.2, -0.15) is 0 Å². The third kappa shape index (κ3) is 2.32. The Morgan fingerprint density at radius 2 is 1.17 bits per heavy atom. The molecule has 2 aliphatic rings. The van der Waals surface area contributed by atoms with Crippen molar-refractivity contribution in [2.45, 2.75) is 19.3 Å². The molecular formula is C28H22N2+2. The SMILES string of the molecule is CC1(C)c2ccccc2-c2ccc([N+]3=C=[N+](c4ccccc4)c4ccccc43)cc21. The highest BCUT2D eigenvalue weighted by molar-refractivity contribution is 5.87. The fourth-order valence-corrected chi connectivity index (χ4v) is 4.85. The molecule has 0 atom stereocenters. The van der Waals surface area contributed by atoms with Crippen LogP contribution in [0, 0.1) is 0 Å². The average molecular weight is 386 g/mol. The molecule has 0 amide bonds. The molecule has 0 spiro atoms. The topological polar surface area (TPSA) is 6.02 Å². The monoisotopic (exact) mass is 386 g/mol. The molecule has 0 N–H and O–H groups in total. The first-order valence-corrected chi connectivity index (χ1v) is 10.4. The quantitative estimate of drug-likeness (QED) is 0.293. The van der Waals surface area contributed by atoms with E-state index in [0.717, 1.165) is 22.7 Å². The van der Waals surface area contributed by atoms with Gasteiger partial charge in [0, 0.05) is 41.8 Å². The predicted octanol–water partition coefficient (Wildman–Crippen LogP) is 6.85. The van der Waals surface area contributed by atoms with Crippen molar-refractivity contribution in [2.24, 2.45) is 0 Å². The molecule has 142 valence electrons. The van der Waals surface area contributed by atoms with E-state index >= 15 is 0 Å². The number of rotatable bonds is 2. The first kappa shape index (κ1) is 17.1. The molecule has 4 aromatic carbocycles. The number of benzene rings is 4. The van der Waals surface area contributed by atoms with Crippen molar-refractivity contribution in [3.05, 3.63) is 108 Å². The minimum absolute atomic E-state index is 0.0136. The Morgan fingerprint density at radius 1 is 0.567 bits per heavy atom. The molecule has 0 saturated heterocycles. The van der Waals surface area contributed by atoms with Gasteiger partial charge < -0.3 is 0 Å². The lowest BCUT2D eigenvalue weighted by molar-refractivity contribution is 0.660. The predicted molar refractivity (Wildman–Crippen MR) is 125 cm³/mol. The third-order valence-corrected chi connectivity index (χ3v) is 6.40. The number of nitrogens with zero attached hydrogens (tertiary/aromatic N) is 2. The number of para-hydroxylation sites is 3. The van der Waals surface area contributed by atoms with Gasteiger partial charge in [-0.05, 0) is 37.5 Å². The maximum atomic E-state index is 3.60. The smallest absolute Gasteiger partial charge is 0.0619 e. The summed E-state index contributed by atoms with van der Waals surface area (Å²) < 4.78 is 4.32. The summed E-state index contributed by atoms with van der Waals surface area (Å²) >= 11 is 0. The first-order chi connectivity index (χ1) is 14.6. The lowest BCUT2D eigenvalue weighted by Crippen LogP contribution is -2.15. The van der Waals surface area contributed by atoms with E-state index in [1.54, 1.807) is 0 Å². The Labute approximate surface area is 176 Å². The normalized spacial score (nSPS) is 15.1. The van der Waals surface area contributed by atoms with Crippen molar-refractivity contribution in [1.29, 1.82) is 0 Å². The van der Waals surface area contributed by atoms with Crippen molar-refractivity contribution in [3.63, 3.8) is 0 Å². The molecule has 1 aliphatic heterocycles. The standard InChI is InChI=1S/C28H22N2/c1-28(2)24-13-7-6-12-22(24)23-17-16-21(18-25(23)28)30-19-29(20-10-4-3-5-11-20)26-14-8-9-15-27(26)30/h3-18H,1-2H3/q+2. The van der Waals surface area contributed by atoms with Gasteiger partial charge in [0.1, 0.15) is 0 Å². The van der Waals surface area contributed by atoms with Gasteiger partial charge in [-0.3, -0.25) is 0 Å². The zero-order chi connectivity index (χ0) is 20.3. The molecule has 4 aromatic rings. The molecule has 1 heterocycles. The number of fused-ring (bicyclic) bond motifs is 4. The van der Waals surface area contributed by atoms with E-state index in [1.165, 1.54) is 22.3 Å². The van der Waals surface area contributed by atoms with Crippen molar-refractivity contribution < 1.29 is 0 Å². The molecule has 2 nitrogen and oxygen atoms in total. The Balaban J connectivity index is 1.57. The van der Waals surface area contributed by atoms with Crippen LogP contribution in [0.3, 0.4) is 0 Å². The molecule has 2 heteroatoms. The summed E-state index contributed by atoms with van der Waals surface area (Å²) in [7, 11) is 0. The zero-order valence-corrected chi connectivity index (χ0v) is 17.1. The van der Waals surface area contributed by atoms with E-state index in [-0.39, 0.29) is 5.41 Å². The van der Waals surface area contributed by atoms with Crippen LogP contribution in [0.4, 0.5) is 22.7 Å². The van der Waals surface area contributed by atoms with Gasteiger partial charge in [-0.1, -0.05) is 68.4 Å². The van der Waals surface area contributed by atoms with Crippen LogP contribution < -0.4 is 9.15 Å². The van der Waals surface area contributed by atoms with E-state index in [0.29, 0.717) is 0 Å². The van der Waals surface area contributed by atoms with Gasteiger partial charge >= 0.3 is 6.01 Å². The number of hydrogen-bond donors (Lipinski definition) is 0. The van der Waals surface area contributed by atoms with Crippen molar-refractivity contribution in [3.8, 4) is 11.1 Å². The lowest BCUT2D eigenvalue weighted by Gasteiger charge is -2.21. The molecule has 0 fully saturated rings. The zero-order valence-electron chi connectivity index (χ0n) is 17.1. The van der Waals surface area contributed by atoms with Gasteiger partial charge in [-0.25, -0.2) is 0 Å². The van der Waals surface area contributed by atoms with Gasteiger partial charge in [0.2, 0.25) is 11.4 Å². The second-order valence-electron chi connectivity index (χ2n) is 8.50. The molecule has 0 saturated carbocycles. The average Bonchev–Trinajstić information content (AvgIpc) is 3.28. The molecular weight excluding hydrogens is 364 g/mol. The Kier molecular flexibility index (Phi) is 3.50. The van der Waals surface area contributed by atoms with Crippen LogP contribution in [0.15, 0.2) is 97.1 Å². The molecule has 6 rings (SSSR count). The molecule has 30 heavy (non-hydrogen) atoms. The molecule has 0 bridgehead atoms. The van der Waals surface area contributed by atoms with Crippen LogP contribution in [0.25, 0.3) is 11.1 Å². The van der Waals surface area contributed by atoms with Gasteiger partial charge in [-0.15, -0.1) is 0 Å². The summed E-state index contributed by atoms with van der Waals surface area (Å²) in [5.74, 6) is 0. The highest BCUT2D eigenvalue weighted by Crippen LogP contribution is 2.49. The van der Waals surface area contributed by atoms with Crippen LogP contribution in [0.1, 0.15) is 25.0 Å². The van der Waals surface area contributed by atoms with Crippen LogP contribution >= 0.6 is 0 Å². The van der Waals surface area contributed by atoms with Gasteiger partial charge in [0.15, 0.2) is 0 Å². The molecule has 1 aliphatic carbocycles. The van der Waals surface area contributed by atoms with Crippen molar-refractivity contribution in [2.75, 3.05) is 0 Å². The van der Waals surface area contributed by atoms with Crippen LogP contribution in [-0.2, 0) is 5.41 Å². The molecule has 0 unspecified atom stereocenters. The fourth-order valence-electron chi connectivity index (χ4n) is 4.85. The molecule has 0 radical (unpaired) electrons. The second-order valence-corrected chi connectivity index (χ2v) is 8.50. The first-order valence-electron chi connectivity index (χ1n) is 10.4. The summed E-state index contributed by atoms with van der Waals surface area (Å²) in [6, 6.07) is 38.1. The maximum Gasteiger partial charge on any atom is 0.503 e. The minimum atomic E-state index is -0.0136. The van der Waals surface area contributed by atoms with E-state index < -0.39 is 0 Å². The summed E-state index contributed by atoms with van der Waals surface area (Å²) in [6.07, 6.45) is 0. The van der Waals surface area contributed by atoms with Crippen LogP contribution in [0.2, 0.25) is 0 Å². The van der Waals surface area contributed by atoms with Crippen molar-refractivity contribution in [1.82, 2.24) is 9.15 Å². The van der Waals surface area contributed by atoms with Gasteiger partial charge in [0.05, 0.1) is 0 Å².